The number of phosphoric acid groups is 1. The van der Waals surface area contributed by atoms with E-state index in [1.54, 1.807) is 48.5 Å². The Morgan fingerprint density at radius 2 is 1.32 bits per heavy atom. The molecule has 0 spiro atoms. The summed E-state index contributed by atoms with van der Waals surface area (Å²) in [5, 5.41) is 0. The third-order valence-corrected chi connectivity index (χ3v) is 4.33. The molecule has 0 aliphatic rings. The average molecular weight is 341 g/mol. The minimum atomic E-state index is -3.75. The maximum absolute atomic E-state index is 12.8. The van der Waals surface area contributed by atoms with Crippen LogP contribution in [0.3, 0.4) is 0 Å². The van der Waals surface area contributed by atoms with Gasteiger partial charge in [-0.15, -0.1) is 11.6 Å². The molecule has 22 heavy (non-hydrogen) atoms. The van der Waals surface area contributed by atoms with Crippen LogP contribution in [-0.2, 0) is 9.09 Å². The number of rotatable bonds is 9. The van der Waals surface area contributed by atoms with Crippen molar-refractivity contribution in [3.8, 4) is 11.5 Å². The molecule has 0 saturated carbocycles. The summed E-state index contributed by atoms with van der Waals surface area (Å²) in [5.74, 6) is 1.39. The van der Waals surface area contributed by atoms with Crippen molar-refractivity contribution in [2.24, 2.45) is 0 Å². The third-order valence-electron chi connectivity index (χ3n) is 2.70. The van der Waals surface area contributed by atoms with Crippen LogP contribution >= 0.6 is 19.4 Å². The molecule has 0 fully saturated rings. The summed E-state index contributed by atoms with van der Waals surface area (Å²) >= 11 is 5.62. The molecule has 6 heteroatoms. The summed E-state index contributed by atoms with van der Waals surface area (Å²) in [6, 6.07) is 17.6. The SMILES string of the molecule is O=P(OCCCCCl)(Oc1ccccc1)Oc1ccccc1. The van der Waals surface area contributed by atoms with Crippen LogP contribution < -0.4 is 9.05 Å². The first-order chi connectivity index (χ1) is 10.7. The Kier molecular flexibility index (Phi) is 6.78. The molecule has 0 aliphatic heterocycles. The van der Waals surface area contributed by atoms with Gasteiger partial charge in [-0.05, 0) is 37.1 Å². The zero-order chi connectivity index (χ0) is 15.7. The first kappa shape index (κ1) is 16.9. The lowest BCUT2D eigenvalue weighted by molar-refractivity contribution is 0.207. The van der Waals surface area contributed by atoms with Crippen molar-refractivity contribution in [3.63, 3.8) is 0 Å². The van der Waals surface area contributed by atoms with Crippen molar-refractivity contribution >= 4 is 19.4 Å². The van der Waals surface area contributed by atoms with E-state index < -0.39 is 7.82 Å². The van der Waals surface area contributed by atoms with Crippen LogP contribution in [0.25, 0.3) is 0 Å². The molecule has 0 heterocycles. The topological polar surface area (TPSA) is 44.8 Å². The van der Waals surface area contributed by atoms with Crippen molar-refractivity contribution in [2.75, 3.05) is 12.5 Å². The predicted octanol–water partition coefficient (Wildman–Crippen LogP) is 5.29. The Hall–Kier alpha value is -1.48. The van der Waals surface area contributed by atoms with Crippen LogP contribution in [0, 0.1) is 0 Å². The maximum atomic E-state index is 12.8. The second-order valence-electron chi connectivity index (χ2n) is 4.49. The number of para-hydroxylation sites is 2. The molecule has 0 unspecified atom stereocenters. The quantitative estimate of drug-likeness (QED) is 0.353. The largest absolute Gasteiger partial charge is 0.587 e. The van der Waals surface area contributed by atoms with Gasteiger partial charge in [0.1, 0.15) is 11.5 Å². The van der Waals surface area contributed by atoms with Crippen molar-refractivity contribution in [1.29, 1.82) is 0 Å². The van der Waals surface area contributed by atoms with E-state index in [0.29, 0.717) is 23.8 Å². The van der Waals surface area contributed by atoms with E-state index in [9.17, 15) is 4.57 Å². The molecule has 2 aromatic rings. The Morgan fingerprint density at radius 1 is 0.818 bits per heavy atom. The summed E-state index contributed by atoms with van der Waals surface area (Å²) in [4.78, 5) is 0. The van der Waals surface area contributed by atoms with Gasteiger partial charge in [-0.3, -0.25) is 4.52 Å². The lowest BCUT2D eigenvalue weighted by Gasteiger charge is -2.19. The minimum absolute atomic E-state index is 0.254. The van der Waals surface area contributed by atoms with Gasteiger partial charge in [0.15, 0.2) is 0 Å². The molecule has 0 aromatic heterocycles. The molecule has 0 amide bonds. The van der Waals surface area contributed by atoms with Crippen molar-refractivity contribution in [1.82, 2.24) is 0 Å². The second kappa shape index (κ2) is 8.84. The molecule has 0 radical (unpaired) electrons. The predicted molar refractivity (Wildman–Crippen MR) is 87.7 cm³/mol. The van der Waals surface area contributed by atoms with Crippen molar-refractivity contribution in [2.45, 2.75) is 12.8 Å². The third kappa shape index (κ3) is 5.72. The van der Waals surface area contributed by atoms with Gasteiger partial charge >= 0.3 is 7.82 Å². The highest BCUT2D eigenvalue weighted by Gasteiger charge is 2.30. The first-order valence-corrected chi connectivity index (χ1v) is 9.01. The molecule has 0 aliphatic carbocycles. The van der Waals surface area contributed by atoms with E-state index >= 15 is 0 Å². The minimum Gasteiger partial charge on any atom is -0.395 e. The van der Waals surface area contributed by atoms with E-state index in [1.165, 1.54) is 0 Å². The zero-order valence-electron chi connectivity index (χ0n) is 12.1. The van der Waals surface area contributed by atoms with Gasteiger partial charge < -0.3 is 9.05 Å². The molecule has 2 aromatic carbocycles. The summed E-state index contributed by atoms with van der Waals surface area (Å²) < 4.78 is 29.1. The smallest absolute Gasteiger partial charge is 0.395 e. The average Bonchev–Trinajstić information content (AvgIpc) is 2.53. The summed E-state index contributed by atoms with van der Waals surface area (Å²) in [5.41, 5.74) is 0. The highest BCUT2D eigenvalue weighted by Crippen LogP contribution is 2.49. The van der Waals surface area contributed by atoms with Crippen LogP contribution in [0.2, 0.25) is 0 Å². The Balaban J connectivity index is 2.07. The fourth-order valence-corrected chi connectivity index (χ4v) is 3.11. The standard InChI is InChI=1S/C16H18ClO4P/c17-13-7-8-14-19-22(18,20-15-9-3-1-4-10-15)21-16-11-5-2-6-12-16/h1-6,9-12H,7-8,13-14H2. The van der Waals surface area contributed by atoms with Gasteiger partial charge in [0.2, 0.25) is 0 Å². The van der Waals surface area contributed by atoms with Gasteiger partial charge in [0.05, 0.1) is 6.61 Å². The van der Waals surface area contributed by atoms with Gasteiger partial charge in [0.25, 0.3) is 0 Å². The van der Waals surface area contributed by atoms with E-state index in [1.807, 2.05) is 12.1 Å². The fraction of sp³-hybridized carbons (Fsp3) is 0.250. The number of unbranched alkanes of at least 4 members (excludes halogenated alkanes) is 1. The lowest BCUT2D eigenvalue weighted by atomic mass is 10.3. The fourth-order valence-electron chi connectivity index (χ4n) is 1.67. The number of hydrogen-bond acceptors (Lipinski definition) is 4. The van der Waals surface area contributed by atoms with Crippen LogP contribution in [-0.4, -0.2) is 12.5 Å². The Labute approximate surface area is 135 Å². The van der Waals surface area contributed by atoms with Crippen LogP contribution in [0.1, 0.15) is 12.8 Å². The van der Waals surface area contributed by atoms with E-state index in [4.69, 9.17) is 25.2 Å². The van der Waals surface area contributed by atoms with Crippen LogP contribution in [0.4, 0.5) is 0 Å². The Bertz CT molecular complexity index is 546. The molecule has 0 saturated heterocycles. The van der Waals surface area contributed by atoms with Crippen LogP contribution in [0.5, 0.6) is 11.5 Å². The number of benzene rings is 2. The number of halogens is 1. The highest BCUT2D eigenvalue weighted by atomic mass is 35.5. The number of hydrogen-bond donors (Lipinski definition) is 0. The van der Waals surface area contributed by atoms with E-state index in [0.717, 1.165) is 6.42 Å². The summed E-state index contributed by atoms with van der Waals surface area (Å²) in [6.45, 7) is 0.254. The molecule has 2 rings (SSSR count). The van der Waals surface area contributed by atoms with Gasteiger partial charge in [-0.1, -0.05) is 36.4 Å². The molecule has 4 nitrogen and oxygen atoms in total. The van der Waals surface area contributed by atoms with Gasteiger partial charge in [0, 0.05) is 5.88 Å². The molecular formula is C16H18ClO4P. The van der Waals surface area contributed by atoms with Crippen molar-refractivity contribution < 1.29 is 18.1 Å². The number of alkyl halides is 1. The van der Waals surface area contributed by atoms with Crippen LogP contribution in [0.15, 0.2) is 60.7 Å². The lowest BCUT2D eigenvalue weighted by Crippen LogP contribution is -2.06. The Morgan fingerprint density at radius 3 is 1.77 bits per heavy atom. The second-order valence-corrected chi connectivity index (χ2v) is 6.38. The molecule has 118 valence electrons. The van der Waals surface area contributed by atoms with Gasteiger partial charge in [-0.2, -0.15) is 0 Å². The normalized spacial score (nSPS) is 11.1. The summed E-state index contributed by atoms with van der Waals surface area (Å²) in [7, 11) is -3.75. The molecular weight excluding hydrogens is 323 g/mol. The van der Waals surface area contributed by atoms with E-state index in [-0.39, 0.29) is 6.61 Å². The highest BCUT2D eigenvalue weighted by molar-refractivity contribution is 7.49. The summed E-state index contributed by atoms with van der Waals surface area (Å²) in [6.07, 6.45) is 1.46. The molecule has 0 bridgehead atoms. The monoisotopic (exact) mass is 340 g/mol. The first-order valence-electron chi connectivity index (χ1n) is 7.02. The maximum Gasteiger partial charge on any atom is 0.587 e. The number of phosphoric ester groups is 1. The zero-order valence-corrected chi connectivity index (χ0v) is 13.7. The van der Waals surface area contributed by atoms with Crippen molar-refractivity contribution in [3.05, 3.63) is 60.7 Å². The molecule has 0 N–H and O–H groups in total. The van der Waals surface area contributed by atoms with E-state index in [2.05, 4.69) is 0 Å². The van der Waals surface area contributed by atoms with Gasteiger partial charge in [-0.25, -0.2) is 4.57 Å². The molecule has 0 atom stereocenters.